The predicted octanol–water partition coefficient (Wildman–Crippen LogP) is 4.72. The summed E-state index contributed by atoms with van der Waals surface area (Å²) in [6.07, 6.45) is 0. The average molecular weight is 375 g/mol. The molecule has 0 fully saturated rings. The van der Waals surface area contributed by atoms with Crippen LogP contribution in [0.5, 0.6) is 11.5 Å². The zero-order chi connectivity index (χ0) is 17.0. The maximum absolute atomic E-state index is 11.3. The van der Waals surface area contributed by atoms with Gasteiger partial charge in [0.15, 0.2) is 11.5 Å². The van der Waals surface area contributed by atoms with Crippen LogP contribution in [0.3, 0.4) is 0 Å². The summed E-state index contributed by atoms with van der Waals surface area (Å²) in [6.45, 7) is 2.42. The minimum Gasteiger partial charge on any atom is -0.490 e. The van der Waals surface area contributed by atoms with Gasteiger partial charge in [-0.25, -0.2) is 0 Å². The molecule has 0 aliphatic carbocycles. The van der Waals surface area contributed by atoms with Gasteiger partial charge in [0.25, 0.3) is 0 Å². The summed E-state index contributed by atoms with van der Waals surface area (Å²) in [6, 6.07) is 8.12. The van der Waals surface area contributed by atoms with Gasteiger partial charge in [0.2, 0.25) is 5.91 Å². The molecule has 2 N–H and O–H groups in total. The minimum atomic E-state index is -0.594. The van der Waals surface area contributed by atoms with E-state index >= 15 is 0 Å². The van der Waals surface area contributed by atoms with Crippen LogP contribution in [0.15, 0.2) is 30.3 Å². The van der Waals surface area contributed by atoms with Crippen molar-refractivity contribution in [2.45, 2.75) is 13.5 Å². The largest absolute Gasteiger partial charge is 0.490 e. The second-order valence-electron chi connectivity index (χ2n) is 4.62. The second-order valence-corrected chi connectivity index (χ2v) is 5.84. The summed E-state index contributed by atoms with van der Waals surface area (Å²) in [5, 5.41) is 1.15. The van der Waals surface area contributed by atoms with Crippen molar-refractivity contribution in [3.8, 4) is 11.5 Å². The van der Waals surface area contributed by atoms with Crippen molar-refractivity contribution >= 4 is 40.7 Å². The molecule has 1 amide bonds. The molecule has 122 valence electrons. The first-order valence-electron chi connectivity index (χ1n) is 6.75. The van der Waals surface area contributed by atoms with Crippen LogP contribution >= 0.6 is 34.8 Å². The third kappa shape index (κ3) is 4.44. The Hall–Kier alpha value is -1.62. The number of primary amides is 1. The smallest absolute Gasteiger partial charge is 0.248 e. The molecule has 0 atom stereocenters. The monoisotopic (exact) mass is 373 g/mol. The van der Waals surface area contributed by atoms with Crippen molar-refractivity contribution in [3.05, 3.63) is 56.5 Å². The molecular weight excluding hydrogens is 361 g/mol. The Balaban J connectivity index is 2.27. The van der Waals surface area contributed by atoms with Crippen LogP contribution in [-0.2, 0) is 6.61 Å². The topological polar surface area (TPSA) is 61.5 Å². The Bertz CT molecular complexity index is 735. The normalized spacial score (nSPS) is 10.4. The van der Waals surface area contributed by atoms with E-state index in [4.69, 9.17) is 50.0 Å². The highest BCUT2D eigenvalue weighted by atomic mass is 35.5. The molecule has 0 aliphatic heterocycles. The summed E-state index contributed by atoms with van der Waals surface area (Å²) < 4.78 is 11.2. The van der Waals surface area contributed by atoms with Gasteiger partial charge in [-0.3, -0.25) is 4.79 Å². The molecule has 0 radical (unpaired) electrons. The third-order valence-corrected chi connectivity index (χ3v) is 3.98. The molecule has 0 aromatic heterocycles. The zero-order valence-corrected chi connectivity index (χ0v) is 14.5. The van der Waals surface area contributed by atoms with Gasteiger partial charge in [-0.2, -0.15) is 0 Å². The zero-order valence-electron chi connectivity index (χ0n) is 12.2. The van der Waals surface area contributed by atoms with Gasteiger partial charge in [-0.05, 0) is 36.8 Å². The SMILES string of the molecule is CCOc1cc(C(N)=O)cc(Cl)c1OCc1ccc(Cl)c(Cl)c1. The van der Waals surface area contributed by atoms with Crippen LogP contribution in [0.25, 0.3) is 0 Å². The molecule has 7 heteroatoms. The molecule has 0 heterocycles. The maximum atomic E-state index is 11.3. The fourth-order valence-electron chi connectivity index (χ4n) is 1.90. The molecule has 0 spiro atoms. The lowest BCUT2D eigenvalue weighted by Crippen LogP contribution is -2.11. The van der Waals surface area contributed by atoms with Crippen LogP contribution in [0.2, 0.25) is 15.1 Å². The third-order valence-electron chi connectivity index (χ3n) is 2.96. The number of halogens is 3. The summed E-state index contributed by atoms with van der Waals surface area (Å²) >= 11 is 18.0. The van der Waals surface area contributed by atoms with Gasteiger partial charge >= 0.3 is 0 Å². The number of hydrogen-bond donors (Lipinski definition) is 1. The van der Waals surface area contributed by atoms with E-state index in [2.05, 4.69) is 0 Å². The Morgan fingerprint density at radius 2 is 1.78 bits per heavy atom. The first-order chi connectivity index (χ1) is 10.9. The Morgan fingerprint density at radius 1 is 1.04 bits per heavy atom. The molecule has 0 bridgehead atoms. The molecule has 0 saturated heterocycles. The number of ether oxygens (including phenoxy) is 2. The predicted molar refractivity (Wildman–Crippen MR) is 91.9 cm³/mol. The van der Waals surface area contributed by atoms with Gasteiger partial charge in [0, 0.05) is 5.56 Å². The van der Waals surface area contributed by atoms with E-state index in [1.807, 2.05) is 6.92 Å². The van der Waals surface area contributed by atoms with Crippen LogP contribution in [0.1, 0.15) is 22.8 Å². The van der Waals surface area contributed by atoms with Crippen molar-refractivity contribution in [2.75, 3.05) is 6.61 Å². The number of amides is 1. The van der Waals surface area contributed by atoms with Crippen molar-refractivity contribution < 1.29 is 14.3 Å². The van der Waals surface area contributed by atoms with Gasteiger partial charge in [0.1, 0.15) is 6.61 Å². The lowest BCUT2D eigenvalue weighted by molar-refractivity contribution is 0.0999. The molecule has 2 rings (SSSR count). The van der Waals surface area contributed by atoms with E-state index in [0.29, 0.717) is 28.2 Å². The summed E-state index contributed by atoms with van der Waals surface area (Å²) in [4.78, 5) is 11.3. The quantitative estimate of drug-likeness (QED) is 0.795. The maximum Gasteiger partial charge on any atom is 0.248 e. The number of rotatable bonds is 6. The van der Waals surface area contributed by atoms with Gasteiger partial charge in [-0.1, -0.05) is 40.9 Å². The summed E-state index contributed by atoms with van der Waals surface area (Å²) in [5.41, 5.74) is 6.34. The highest BCUT2D eigenvalue weighted by Gasteiger charge is 2.15. The van der Waals surface area contributed by atoms with Crippen LogP contribution in [0, 0.1) is 0 Å². The lowest BCUT2D eigenvalue weighted by Gasteiger charge is -2.15. The Labute approximate surface area is 149 Å². The van der Waals surface area contributed by atoms with E-state index in [9.17, 15) is 4.79 Å². The molecule has 0 aliphatic rings. The van der Waals surface area contributed by atoms with Crippen LogP contribution in [-0.4, -0.2) is 12.5 Å². The summed E-state index contributed by atoms with van der Waals surface area (Å²) in [5.74, 6) is 0.0994. The minimum absolute atomic E-state index is 0.215. The molecule has 0 unspecified atom stereocenters. The van der Waals surface area contributed by atoms with Gasteiger partial charge in [-0.15, -0.1) is 0 Å². The van der Waals surface area contributed by atoms with Crippen LogP contribution in [0.4, 0.5) is 0 Å². The Kier molecular flexibility index (Phi) is 5.99. The number of nitrogens with two attached hydrogens (primary N) is 1. The molecule has 2 aromatic carbocycles. The second kappa shape index (κ2) is 7.77. The van der Waals surface area contributed by atoms with E-state index in [1.165, 1.54) is 12.1 Å². The average Bonchev–Trinajstić information content (AvgIpc) is 2.49. The van der Waals surface area contributed by atoms with Gasteiger partial charge in [0.05, 0.1) is 21.7 Å². The van der Waals surface area contributed by atoms with Crippen molar-refractivity contribution in [3.63, 3.8) is 0 Å². The van der Waals surface area contributed by atoms with E-state index in [1.54, 1.807) is 18.2 Å². The van der Waals surface area contributed by atoms with Crippen molar-refractivity contribution in [1.29, 1.82) is 0 Å². The Morgan fingerprint density at radius 3 is 2.39 bits per heavy atom. The first-order valence-corrected chi connectivity index (χ1v) is 7.88. The molecule has 2 aromatic rings. The number of hydrogen-bond acceptors (Lipinski definition) is 3. The van der Waals surface area contributed by atoms with Crippen LogP contribution < -0.4 is 15.2 Å². The molecule has 4 nitrogen and oxygen atoms in total. The number of benzene rings is 2. The fourth-order valence-corrected chi connectivity index (χ4v) is 2.48. The molecule has 0 saturated carbocycles. The molecule has 23 heavy (non-hydrogen) atoms. The number of carbonyl (C=O) groups excluding carboxylic acids is 1. The lowest BCUT2D eigenvalue weighted by atomic mass is 10.2. The van der Waals surface area contributed by atoms with E-state index in [-0.39, 0.29) is 17.2 Å². The standard InChI is InChI=1S/C16H14Cl3NO3/c1-2-22-14-7-10(16(20)21)6-13(19)15(14)23-8-9-3-4-11(17)12(18)5-9/h3-7H,2,8H2,1H3,(H2,20,21). The van der Waals surface area contributed by atoms with Gasteiger partial charge < -0.3 is 15.2 Å². The van der Waals surface area contributed by atoms with E-state index < -0.39 is 5.91 Å². The van der Waals surface area contributed by atoms with Crippen molar-refractivity contribution in [1.82, 2.24) is 0 Å². The summed E-state index contributed by atoms with van der Waals surface area (Å²) in [7, 11) is 0. The first kappa shape index (κ1) is 17.7. The highest BCUT2D eigenvalue weighted by molar-refractivity contribution is 6.42. The number of carbonyl (C=O) groups is 1. The van der Waals surface area contributed by atoms with Crippen molar-refractivity contribution in [2.24, 2.45) is 5.73 Å². The molecular formula is C16H14Cl3NO3. The fraction of sp³-hybridized carbons (Fsp3) is 0.188. The highest BCUT2D eigenvalue weighted by Crippen LogP contribution is 2.37. The van der Waals surface area contributed by atoms with E-state index in [0.717, 1.165) is 5.56 Å².